The summed E-state index contributed by atoms with van der Waals surface area (Å²) in [6.45, 7) is -0.357. The molecule has 0 spiro atoms. The molecule has 3 N–H and O–H groups in total. The van der Waals surface area contributed by atoms with Crippen molar-refractivity contribution in [3.05, 3.63) is 38.1 Å². The molecule has 0 saturated carbocycles. The number of H-pyrrole nitrogens is 1. The first-order valence-electron chi connectivity index (χ1n) is 5.70. The predicted octanol–water partition coefficient (Wildman–Crippen LogP) is -0.200. The van der Waals surface area contributed by atoms with Crippen molar-refractivity contribution < 1.29 is 14.9 Å². The molecule has 1 aliphatic heterocycles. The third-order valence-corrected chi connectivity index (χ3v) is 4.46. The van der Waals surface area contributed by atoms with Gasteiger partial charge in [0.25, 0.3) is 5.56 Å². The molecule has 1 saturated heterocycles. The van der Waals surface area contributed by atoms with E-state index in [2.05, 4.69) is 4.98 Å². The zero-order valence-electron chi connectivity index (χ0n) is 10.1. The van der Waals surface area contributed by atoms with Crippen molar-refractivity contribution >= 4 is 40.3 Å². The van der Waals surface area contributed by atoms with E-state index >= 15 is 0 Å². The van der Waals surface area contributed by atoms with Crippen LogP contribution >= 0.6 is 34.2 Å². The Balaban J connectivity index is 2.46. The number of ether oxygens (including phenoxy) is 1. The minimum absolute atomic E-state index is 0.189. The number of nitrogens with zero attached hydrogens (tertiary/aromatic N) is 1. The van der Waals surface area contributed by atoms with Gasteiger partial charge < -0.3 is 14.9 Å². The van der Waals surface area contributed by atoms with Crippen LogP contribution in [-0.4, -0.2) is 42.5 Å². The molecule has 2 rings (SSSR count). The summed E-state index contributed by atoms with van der Waals surface area (Å²) in [7, 11) is 0. The van der Waals surface area contributed by atoms with Crippen LogP contribution in [0, 0.1) is 0 Å². The maximum atomic E-state index is 11.9. The summed E-state index contributed by atoms with van der Waals surface area (Å²) in [4.78, 5) is 25.6. The summed E-state index contributed by atoms with van der Waals surface area (Å²) in [5.41, 5.74) is 0.125. The summed E-state index contributed by atoms with van der Waals surface area (Å²) < 4.78 is 6.18. The summed E-state index contributed by atoms with van der Waals surface area (Å²) in [6, 6.07) is 0. The molecule has 20 heavy (non-hydrogen) atoms. The van der Waals surface area contributed by atoms with Crippen molar-refractivity contribution in [3.8, 4) is 0 Å². The van der Waals surface area contributed by atoms with Crippen LogP contribution in [0.1, 0.15) is 11.8 Å². The lowest BCUT2D eigenvalue weighted by atomic mass is 10.2. The molecule has 2 heterocycles. The van der Waals surface area contributed by atoms with Gasteiger partial charge in [-0.3, -0.25) is 14.3 Å². The number of rotatable bonds is 3. The molecule has 1 aromatic rings. The lowest BCUT2D eigenvalue weighted by molar-refractivity contribution is -0.0456. The number of halogens is 2. The Morgan fingerprint density at radius 2 is 2.25 bits per heavy atom. The Kier molecular flexibility index (Phi) is 5.02. The minimum Gasteiger partial charge on any atom is -0.394 e. The van der Waals surface area contributed by atoms with Crippen LogP contribution in [0.3, 0.4) is 0 Å². The Morgan fingerprint density at radius 3 is 2.80 bits per heavy atom. The standard InChI is InChI=1S/C11H12ClIN2O5/c12-2-1-5-3-15(11(19)14-9(5)18)10-7(13)8(17)6(4-16)20-10/h1-3,6-8,10,16-17H,4H2,(H,14,18,19)/t6-,7-,8-,10-/m1/s1. The minimum atomic E-state index is -0.906. The Bertz CT molecular complexity index is 628. The number of aromatic nitrogens is 2. The molecule has 0 bridgehead atoms. The van der Waals surface area contributed by atoms with E-state index in [1.165, 1.54) is 16.8 Å². The molecule has 110 valence electrons. The fraction of sp³-hybridized carbons (Fsp3) is 0.455. The summed E-state index contributed by atoms with van der Waals surface area (Å²) in [5.74, 6) is 0. The van der Waals surface area contributed by atoms with Crippen molar-refractivity contribution in [1.29, 1.82) is 0 Å². The number of hydrogen-bond donors (Lipinski definition) is 3. The van der Waals surface area contributed by atoms with Crippen molar-refractivity contribution in [2.75, 3.05) is 6.61 Å². The van der Waals surface area contributed by atoms with E-state index in [1.807, 2.05) is 22.6 Å². The lowest BCUT2D eigenvalue weighted by Crippen LogP contribution is -2.36. The maximum absolute atomic E-state index is 11.9. The van der Waals surface area contributed by atoms with Gasteiger partial charge in [0.1, 0.15) is 6.10 Å². The fourth-order valence-electron chi connectivity index (χ4n) is 1.95. The first kappa shape index (κ1) is 15.7. The Hall–Kier alpha value is -0.680. The van der Waals surface area contributed by atoms with Crippen LogP contribution in [0.2, 0.25) is 0 Å². The number of aliphatic hydroxyl groups excluding tert-OH is 2. The van der Waals surface area contributed by atoms with E-state index in [0.29, 0.717) is 0 Å². The van der Waals surface area contributed by atoms with Gasteiger partial charge in [0.15, 0.2) is 6.23 Å². The largest absolute Gasteiger partial charge is 0.394 e. The number of aliphatic hydroxyl groups is 2. The van der Waals surface area contributed by atoms with Crippen molar-refractivity contribution in [2.45, 2.75) is 22.4 Å². The van der Waals surface area contributed by atoms with Gasteiger partial charge in [-0.05, 0) is 6.08 Å². The SMILES string of the molecule is O=c1[nH]c(=O)n([C@@H]2O[C@H](CO)[C@@H](O)[C@H]2I)cc1C=CCl. The summed E-state index contributed by atoms with van der Waals surface area (Å²) in [6.07, 6.45) is 0.190. The smallest absolute Gasteiger partial charge is 0.330 e. The molecule has 1 fully saturated rings. The van der Waals surface area contributed by atoms with Crippen LogP contribution in [0.4, 0.5) is 0 Å². The van der Waals surface area contributed by atoms with Crippen molar-refractivity contribution in [3.63, 3.8) is 0 Å². The van der Waals surface area contributed by atoms with Gasteiger partial charge in [0, 0.05) is 11.7 Å². The van der Waals surface area contributed by atoms with Gasteiger partial charge >= 0.3 is 5.69 Å². The number of hydrogen-bond acceptors (Lipinski definition) is 5. The summed E-state index contributed by atoms with van der Waals surface area (Å²) in [5, 5.41) is 19.0. The van der Waals surface area contributed by atoms with Crippen molar-refractivity contribution in [2.24, 2.45) is 0 Å². The Morgan fingerprint density at radius 1 is 1.55 bits per heavy atom. The Labute approximate surface area is 132 Å². The molecule has 7 nitrogen and oxygen atoms in total. The van der Waals surface area contributed by atoms with Gasteiger partial charge in [0.05, 0.1) is 22.2 Å². The highest BCUT2D eigenvalue weighted by Crippen LogP contribution is 2.33. The third kappa shape index (κ3) is 2.84. The first-order valence-corrected chi connectivity index (χ1v) is 7.38. The van der Waals surface area contributed by atoms with E-state index in [4.69, 9.17) is 21.4 Å². The monoisotopic (exact) mass is 414 g/mol. The zero-order chi connectivity index (χ0) is 14.9. The normalized spacial score (nSPS) is 30.2. The molecular formula is C11H12ClIN2O5. The van der Waals surface area contributed by atoms with E-state index in [9.17, 15) is 14.7 Å². The average molecular weight is 415 g/mol. The summed E-state index contributed by atoms with van der Waals surface area (Å²) >= 11 is 7.37. The molecule has 0 unspecified atom stereocenters. The second kappa shape index (κ2) is 6.39. The van der Waals surface area contributed by atoms with Gasteiger partial charge in [-0.15, -0.1) is 0 Å². The van der Waals surface area contributed by atoms with Gasteiger partial charge in [-0.2, -0.15) is 0 Å². The highest BCUT2D eigenvalue weighted by atomic mass is 127. The molecule has 0 radical (unpaired) electrons. The first-order chi connectivity index (χ1) is 9.49. The van der Waals surface area contributed by atoms with Gasteiger partial charge in [-0.25, -0.2) is 4.79 Å². The molecule has 9 heteroatoms. The third-order valence-electron chi connectivity index (χ3n) is 2.99. The average Bonchev–Trinajstić information content (AvgIpc) is 2.70. The topological polar surface area (TPSA) is 105 Å². The van der Waals surface area contributed by atoms with E-state index < -0.39 is 33.6 Å². The lowest BCUT2D eigenvalue weighted by Gasteiger charge is -2.17. The van der Waals surface area contributed by atoms with Crippen LogP contribution in [-0.2, 0) is 4.74 Å². The van der Waals surface area contributed by atoms with E-state index in [-0.39, 0.29) is 12.2 Å². The fourth-order valence-corrected chi connectivity index (χ4v) is 3.07. The molecule has 1 aliphatic rings. The molecule has 0 aromatic carbocycles. The van der Waals surface area contributed by atoms with E-state index in [1.54, 1.807) is 0 Å². The predicted molar refractivity (Wildman–Crippen MR) is 81.0 cm³/mol. The van der Waals surface area contributed by atoms with Crippen molar-refractivity contribution in [1.82, 2.24) is 9.55 Å². The molecular weight excluding hydrogens is 402 g/mol. The quantitative estimate of drug-likeness (QED) is 0.469. The van der Waals surface area contributed by atoms with Crippen LogP contribution in [0.5, 0.6) is 0 Å². The zero-order valence-corrected chi connectivity index (χ0v) is 13.0. The molecule has 1 aromatic heterocycles. The molecule has 0 aliphatic carbocycles. The number of nitrogens with one attached hydrogen (secondary N) is 1. The second-order valence-corrected chi connectivity index (χ2v) is 5.92. The second-order valence-electron chi connectivity index (χ2n) is 4.23. The highest BCUT2D eigenvalue weighted by molar-refractivity contribution is 14.1. The van der Waals surface area contributed by atoms with Crippen LogP contribution < -0.4 is 11.2 Å². The van der Waals surface area contributed by atoms with Gasteiger partial charge in [0.2, 0.25) is 0 Å². The van der Waals surface area contributed by atoms with Crippen LogP contribution in [0.15, 0.2) is 21.3 Å². The van der Waals surface area contributed by atoms with E-state index in [0.717, 1.165) is 5.54 Å². The van der Waals surface area contributed by atoms with Crippen LogP contribution in [0.25, 0.3) is 6.08 Å². The number of alkyl halides is 1. The maximum Gasteiger partial charge on any atom is 0.330 e. The van der Waals surface area contributed by atoms with Gasteiger partial charge in [-0.1, -0.05) is 34.2 Å². The molecule has 0 amide bonds. The highest BCUT2D eigenvalue weighted by Gasteiger charge is 2.43. The molecule has 4 atom stereocenters. The number of aromatic amines is 1.